The number of carboxylic acids is 1. The molecule has 15 heteroatoms. The van der Waals surface area contributed by atoms with Crippen molar-refractivity contribution in [3.63, 3.8) is 0 Å². The first-order valence-corrected chi connectivity index (χ1v) is 16.3. The van der Waals surface area contributed by atoms with Crippen molar-refractivity contribution in [2.24, 2.45) is 17.6 Å². The van der Waals surface area contributed by atoms with Crippen LogP contribution < -0.4 is 31.4 Å². The van der Waals surface area contributed by atoms with Crippen LogP contribution in [0.5, 0.6) is 5.75 Å². The molecule has 3 heterocycles. The van der Waals surface area contributed by atoms with Gasteiger partial charge in [0.25, 0.3) is 0 Å². The summed E-state index contributed by atoms with van der Waals surface area (Å²) in [6.45, 7) is 7.13. The zero-order chi connectivity index (χ0) is 34.9. The SMILES string of the molecule is CC(C)(C)OC(=O)N[C@@]12CC[C@@H](F)[C@@H]1CNC2.COc1c(N2C[C@H]3[C@H](F)CC[C@@]3(N)C2)c(F)cc2c(=O)c(C(=O)O)cn([C@@H]3C[C@@H]3F)c12. The second-order valence-corrected chi connectivity index (χ2v) is 14.9. The Labute approximate surface area is 275 Å². The molecule has 2 aromatic rings. The van der Waals surface area contributed by atoms with Crippen molar-refractivity contribution in [2.75, 3.05) is 38.2 Å². The van der Waals surface area contributed by atoms with E-state index in [1.807, 2.05) is 20.8 Å². The number of anilines is 1. The maximum Gasteiger partial charge on any atom is 0.408 e. The van der Waals surface area contributed by atoms with E-state index in [4.69, 9.17) is 15.2 Å². The number of aromatic nitrogens is 1. The molecule has 1 aromatic heterocycles. The molecule has 5 aliphatic rings. The standard InChI is InChI=1S/C21H22F3N3O4.C12H21FN2O2/c1-31-19-16-9(18(28)10(20(29)30)6-27(16)15-5-13(15)23)4-14(24)17(19)26-7-11-12(22)2-3-21(11,25)8-26;1-11(2,3)17-10(16)15-12-5-4-9(13)8(12)6-14-7-12/h4,6,11-13,15H,2-3,5,7-8,25H2,1H3,(H,29,30);8-9,14H,4-7H2,1-3H3,(H,15,16)/t11-,12+,13-,15+,21+;8-,9+,12+/m00/s1. The van der Waals surface area contributed by atoms with Crippen molar-refractivity contribution in [2.45, 2.75) is 94.1 Å². The van der Waals surface area contributed by atoms with Gasteiger partial charge in [0, 0.05) is 56.2 Å². The maximum absolute atomic E-state index is 15.3. The first-order valence-electron chi connectivity index (χ1n) is 16.3. The van der Waals surface area contributed by atoms with Crippen LogP contribution in [0, 0.1) is 17.7 Å². The van der Waals surface area contributed by atoms with Crippen molar-refractivity contribution in [3.05, 3.63) is 33.9 Å². The Bertz CT molecular complexity index is 1680. The fourth-order valence-corrected chi connectivity index (χ4v) is 8.09. The summed E-state index contributed by atoms with van der Waals surface area (Å²) < 4.78 is 69.4. The number of methoxy groups -OCH3 is 1. The number of nitrogens with two attached hydrogens (primary N) is 1. The van der Waals surface area contributed by atoms with Gasteiger partial charge in [0.15, 0.2) is 11.6 Å². The second-order valence-electron chi connectivity index (χ2n) is 14.9. The van der Waals surface area contributed by atoms with E-state index in [-0.39, 0.29) is 47.8 Å². The Balaban J connectivity index is 0.000000200. The quantitative estimate of drug-likeness (QED) is 0.344. The number of hydrogen-bond donors (Lipinski definition) is 4. The molecule has 2 aliphatic heterocycles. The van der Waals surface area contributed by atoms with Crippen LogP contribution in [0.4, 0.5) is 28.0 Å². The molecule has 1 amide bonds. The van der Waals surface area contributed by atoms with Gasteiger partial charge < -0.3 is 40.4 Å². The maximum atomic E-state index is 15.3. The average Bonchev–Trinajstić information content (AvgIpc) is 3.24. The molecule has 5 fully saturated rings. The summed E-state index contributed by atoms with van der Waals surface area (Å²) in [7, 11) is 1.30. The number of carbonyl (C=O) groups is 2. The molecule has 0 radical (unpaired) electrons. The molecule has 1 aromatic carbocycles. The van der Waals surface area contributed by atoms with Gasteiger partial charge in [0.2, 0.25) is 5.43 Å². The third-order valence-electron chi connectivity index (χ3n) is 10.5. The van der Waals surface area contributed by atoms with Gasteiger partial charge in [-0.25, -0.2) is 27.2 Å². The summed E-state index contributed by atoms with van der Waals surface area (Å²) >= 11 is 0. The minimum Gasteiger partial charge on any atom is -0.492 e. The Morgan fingerprint density at radius 2 is 1.79 bits per heavy atom. The van der Waals surface area contributed by atoms with E-state index in [9.17, 15) is 32.7 Å². The number of hydrogen-bond acceptors (Lipinski definition) is 8. The Kier molecular flexibility index (Phi) is 8.62. The molecular weight excluding hydrogens is 638 g/mol. The van der Waals surface area contributed by atoms with Crippen LogP contribution in [0.2, 0.25) is 0 Å². The number of amides is 1. The first kappa shape index (κ1) is 34.3. The van der Waals surface area contributed by atoms with Gasteiger partial charge in [0.05, 0.1) is 29.6 Å². The highest BCUT2D eigenvalue weighted by atomic mass is 19.1. The molecule has 3 saturated carbocycles. The van der Waals surface area contributed by atoms with Gasteiger partial charge in [-0.05, 0) is 52.5 Å². The minimum atomic E-state index is -1.48. The van der Waals surface area contributed by atoms with Crippen LogP contribution in [-0.4, -0.2) is 90.2 Å². The number of nitrogens with one attached hydrogen (secondary N) is 2. The summed E-state index contributed by atoms with van der Waals surface area (Å²) in [6, 6.07) is 0.278. The molecule has 3 aliphatic carbocycles. The highest BCUT2D eigenvalue weighted by Crippen LogP contribution is 2.49. The smallest absolute Gasteiger partial charge is 0.408 e. The number of fused-ring (bicyclic) bond motifs is 3. The Morgan fingerprint density at radius 3 is 2.40 bits per heavy atom. The molecular formula is C33H43F4N5O6. The summed E-state index contributed by atoms with van der Waals surface area (Å²) in [5.41, 5.74) is 3.35. The number of benzene rings is 1. The van der Waals surface area contributed by atoms with Crippen molar-refractivity contribution >= 4 is 28.7 Å². The fraction of sp³-hybridized carbons (Fsp3) is 0.667. The predicted octanol–water partition coefficient (Wildman–Crippen LogP) is 4.00. The largest absolute Gasteiger partial charge is 0.492 e. The molecule has 7 rings (SSSR count). The molecule has 48 heavy (non-hydrogen) atoms. The van der Waals surface area contributed by atoms with E-state index in [2.05, 4.69) is 10.6 Å². The molecule has 0 unspecified atom stereocenters. The highest BCUT2D eigenvalue weighted by Gasteiger charge is 2.54. The van der Waals surface area contributed by atoms with Gasteiger partial charge in [0.1, 0.15) is 35.4 Å². The van der Waals surface area contributed by atoms with Gasteiger partial charge in [-0.1, -0.05) is 0 Å². The van der Waals surface area contributed by atoms with Crippen molar-refractivity contribution in [1.82, 2.24) is 15.2 Å². The van der Waals surface area contributed by atoms with Gasteiger partial charge in [-0.3, -0.25) is 4.79 Å². The number of carbonyl (C=O) groups excluding carboxylic acids is 1. The van der Waals surface area contributed by atoms with Crippen LogP contribution in [0.15, 0.2) is 17.1 Å². The molecule has 8 atom stereocenters. The van der Waals surface area contributed by atoms with Gasteiger partial charge >= 0.3 is 12.1 Å². The molecule has 2 saturated heterocycles. The van der Waals surface area contributed by atoms with Crippen LogP contribution in [0.25, 0.3) is 10.9 Å². The average molecular weight is 682 g/mol. The van der Waals surface area contributed by atoms with Gasteiger partial charge in [-0.15, -0.1) is 0 Å². The van der Waals surface area contributed by atoms with Crippen molar-refractivity contribution in [3.8, 4) is 5.75 Å². The Hall–Kier alpha value is -3.59. The number of aromatic carboxylic acids is 1. The second kappa shape index (κ2) is 12.1. The fourth-order valence-electron chi connectivity index (χ4n) is 8.09. The normalized spacial score (nSPS) is 33.6. The highest BCUT2D eigenvalue weighted by molar-refractivity contribution is 5.97. The van der Waals surface area contributed by atoms with Crippen LogP contribution in [0.3, 0.4) is 0 Å². The van der Waals surface area contributed by atoms with E-state index < -0.39 is 76.0 Å². The Morgan fingerprint density at radius 1 is 1.12 bits per heavy atom. The number of halogens is 4. The molecule has 0 bridgehead atoms. The number of pyridine rings is 1. The third-order valence-corrected chi connectivity index (χ3v) is 10.5. The van der Waals surface area contributed by atoms with E-state index >= 15 is 4.39 Å². The summed E-state index contributed by atoms with van der Waals surface area (Å²) in [4.78, 5) is 37.7. The number of alkyl halides is 3. The van der Waals surface area contributed by atoms with Crippen LogP contribution in [0.1, 0.15) is 69.3 Å². The topological polar surface area (TPSA) is 148 Å². The summed E-state index contributed by atoms with van der Waals surface area (Å²) in [5.74, 6) is -2.87. The molecule has 0 spiro atoms. The van der Waals surface area contributed by atoms with Crippen LogP contribution in [-0.2, 0) is 4.74 Å². The lowest BCUT2D eigenvalue weighted by atomic mass is 9.90. The van der Waals surface area contributed by atoms with E-state index in [0.717, 1.165) is 12.3 Å². The summed E-state index contributed by atoms with van der Waals surface area (Å²) in [5, 5.41) is 15.2. The number of ether oxygens (including phenoxy) is 2. The zero-order valence-electron chi connectivity index (χ0n) is 27.5. The monoisotopic (exact) mass is 681 g/mol. The first-order chi connectivity index (χ1) is 22.5. The lowest BCUT2D eigenvalue weighted by Crippen LogP contribution is -2.53. The van der Waals surface area contributed by atoms with Crippen LogP contribution >= 0.6 is 0 Å². The molecule has 11 nitrogen and oxygen atoms in total. The van der Waals surface area contributed by atoms with Crippen molar-refractivity contribution < 1.29 is 41.7 Å². The number of rotatable bonds is 5. The minimum absolute atomic E-state index is 0.0119. The lowest BCUT2D eigenvalue weighted by molar-refractivity contribution is 0.0440. The lowest BCUT2D eigenvalue weighted by Gasteiger charge is -2.31. The number of carboxylic acid groups (broad SMARTS) is 1. The van der Waals surface area contributed by atoms with E-state index in [1.165, 1.54) is 11.7 Å². The number of alkyl carbamates (subject to hydrolysis) is 1. The van der Waals surface area contributed by atoms with E-state index in [0.29, 0.717) is 38.8 Å². The van der Waals surface area contributed by atoms with Gasteiger partial charge in [-0.2, -0.15) is 0 Å². The molecule has 5 N–H and O–H groups in total. The number of nitrogens with zero attached hydrogens (tertiary/aromatic N) is 2. The predicted molar refractivity (Wildman–Crippen MR) is 170 cm³/mol. The third kappa shape index (κ3) is 5.97. The van der Waals surface area contributed by atoms with Crippen molar-refractivity contribution in [1.29, 1.82) is 0 Å². The zero-order valence-corrected chi connectivity index (χ0v) is 27.5. The van der Waals surface area contributed by atoms with E-state index in [1.54, 1.807) is 4.90 Å². The summed E-state index contributed by atoms with van der Waals surface area (Å²) in [6.07, 6.45) is -0.269. The molecule has 264 valence electrons.